The van der Waals surface area contributed by atoms with Crippen molar-refractivity contribution >= 4 is 51.0 Å². The number of aromatic nitrogens is 1. The molecule has 5 aromatic carbocycles. The zero-order valence-electron chi connectivity index (χ0n) is 33.1. The van der Waals surface area contributed by atoms with Gasteiger partial charge in [0.05, 0.1) is 25.3 Å². The Morgan fingerprint density at radius 2 is 1.09 bits per heavy atom. The summed E-state index contributed by atoms with van der Waals surface area (Å²) >= 11 is 14.0. The summed E-state index contributed by atoms with van der Waals surface area (Å²) in [5.41, 5.74) is 11.9. The van der Waals surface area contributed by atoms with Crippen LogP contribution in [0.5, 0.6) is 11.5 Å². The van der Waals surface area contributed by atoms with E-state index in [0.717, 1.165) is 55.6 Å². The largest absolute Gasteiger partial charge is 0.506 e. The molecule has 4 atom stereocenters. The van der Waals surface area contributed by atoms with Crippen LogP contribution in [0, 0.1) is 6.92 Å². The molecule has 0 saturated heterocycles. The lowest BCUT2D eigenvalue weighted by molar-refractivity contribution is -0.106. The summed E-state index contributed by atoms with van der Waals surface area (Å²) in [5.74, 6) is 1.06. The third-order valence-corrected chi connectivity index (χ3v) is 13.6. The molecule has 0 saturated carbocycles. The lowest BCUT2D eigenvalue weighted by atomic mass is 9.74. The maximum atomic E-state index is 10.1. The number of nitrogens with zero attached hydrogens (tertiary/aromatic N) is 3. The Morgan fingerprint density at radius 1 is 0.649 bits per heavy atom. The monoisotopic (exact) mass is 819 g/mol. The van der Waals surface area contributed by atoms with Gasteiger partial charge in [-0.1, -0.05) is 83.9 Å². The third kappa shape index (κ3) is 8.79. The van der Waals surface area contributed by atoms with Crippen molar-refractivity contribution in [1.29, 1.82) is 0 Å². The zero-order chi connectivity index (χ0) is 40.2. The molecule has 0 unspecified atom stereocenters. The van der Waals surface area contributed by atoms with Crippen molar-refractivity contribution in [3.05, 3.63) is 157 Å². The number of hydrogen-bond donors (Lipinski definition) is 2. The van der Waals surface area contributed by atoms with Crippen LogP contribution in [-0.2, 0) is 30.5 Å². The number of rotatable bonds is 0. The average molecular weight is 821 g/mol. The number of benzene rings is 5. The SMILES string of the molecule is CC=O.CN1CCc2cc(Cl)c(O)cc2[C@H]2c3ccccc3CC[C@@H]21.CN1CCc2cc(Cl)c(O)cc2[C@H]2c3ccccc3CC[C@@H]21.Cc1nc2ccccc2s1. The summed E-state index contributed by atoms with van der Waals surface area (Å²) in [6.07, 6.45) is 7.33. The number of carbonyl (C=O) groups excluding carboxylic acids is 1. The van der Waals surface area contributed by atoms with Gasteiger partial charge in [0.1, 0.15) is 17.8 Å². The Morgan fingerprint density at radius 3 is 1.56 bits per heavy atom. The van der Waals surface area contributed by atoms with Crippen molar-refractivity contribution < 1.29 is 15.0 Å². The van der Waals surface area contributed by atoms with Gasteiger partial charge in [-0.3, -0.25) is 0 Å². The highest BCUT2D eigenvalue weighted by molar-refractivity contribution is 7.18. The van der Waals surface area contributed by atoms with E-state index in [1.807, 2.05) is 49.4 Å². The van der Waals surface area contributed by atoms with Crippen molar-refractivity contribution in [2.75, 3.05) is 27.2 Å². The summed E-state index contributed by atoms with van der Waals surface area (Å²) < 4.78 is 1.28. The molecule has 0 radical (unpaired) electrons. The summed E-state index contributed by atoms with van der Waals surface area (Å²) in [6, 6.07) is 34.4. The van der Waals surface area contributed by atoms with Gasteiger partial charge in [0.25, 0.3) is 0 Å². The number of fused-ring (bicyclic) bond motifs is 11. The molecule has 2 aliphatic heterocycles. The molecule has 57 heavy (non-hydrogen) atoms. The predicted octanol–water partition coefficient (Wildman–Crippen LogP) is 10.8. The maximum Gasteiger partial charge on any atom is 0.134 e. The molecule has 0 amide bonds. The van der Waals surface area contributed by atoms with Crippen LogP contribution in [0.4, 0.5) is 0 Å². The fraction of sp³-hybridized carbons (Fsp3) is 0.333. The van der Waals surface area contributed by atoms with E-state index in [2.05, 4.69) is 83.5 Å². The number of likely N-dealkylation sites (N-methyl/N-ethyl adjacent to an activating group) is 2. The van der Waals surface area contributed by atoms with Crippen molar-refractivity contribution in [1.82, 2.24) is 14.8 Å². The van der Waals surface area contributed by atoms with Crippen LogP contribution in [0.15, 0.2) is 97.1 Å². The van der Waals surface area contributed by atoms with Crippen LogP contribution in [0.3, 0.4) is 0 Å². The van der Waals surface area contributed by atoms with Gasteiger partial charge >= 0.3 is 0 Å². The molecule has 2 aliphatic carbocycles. The second-order valence-corrected chi connectivity index (χ2v) is 17.5. The number of aldehydes is 1. The van der Waals surface area contributed by atoms with Crippen LogP contribution < -0.4 is 0 Å². The molecule has 6 aromatic rings. The molecule has 4 aliphatic rings. The Balaban J connectivity index is 0.000000134. The molecule has 2 N–H and O–H groups in total. The van der Waals surface area contributed by atoms with Crippen LogP contribution >= 0.6 is 34.5 Å². The van der Waals surface area contributed by atoms with Crippen molar-refractivity contribution in [3.8, 4) is 11.5 Å². The minimum Gasteiger partial charge on any atom is -0.506 e. The van der Waals surface area contributed by atoms with Crippen LogP contribution in [0.1, 0.15) is 81.1 Å². The lowest BCUT2D eigenvalue weighted by Crippen LogP contribution is -2.39. The van der Waals surface area contributed by atoms with Crippen molar-refractivity contribution in [2.24, 2.45) is 0 Å². The molecule has 3 heterocycles. The fourth-order valence-corrected chi connectivity index (χ4v) is 10.5. The number of phenols is 2. The van der Waals surface area contributed by atoms with Gasteiger partial charge in [-0.2, -0.15) is 0 Å². The summed E-state index contributed by atoms with van der Waals surface area (Å²) in [6.45, 7) is 5.56. The van der Waals surface area contributed by atoms with Gasteiger partial charge in [0.15, 0.2) is 0 Å². The van der Waals surface area contributed by atoms with E-state index >= 15 is 0 Å². The Hall–Kier alpha value is -4.24. The summed E-state index contributed by atoms with van der Waals surface area (Å²) in [7, 11) is 4.44. The van der Waals surface area contributed by atoms with Gasteiger partial charge in [0.2, 0.25) is 0 Å². The fourth-order valence-electron chi connectivity index (χ4n) is 9.35. The predicted molar refractivity (Wildman–Crippen MR) is 236 cm³/mol. The van der Waals surface area contributed by atoms with Crippen molar-refractivity contribution in [2.45, 2.75) is 76.3 Å². The van der Waals surface area contributed by atoms with E-state index in [1.54, 1.807) is 11.3 Å². The molecule has 1 aromatic heterocycles. The highest BCUT2D eigenvalue weighted by Gasteiger charge is 2.38. The summed E-state index contributed by atoms with van der Waals surface area (Å²) in [5, 5.41) is 22.3. The number of phenolic OH excluding ortho intramolecular Hbond substituents is 2. The number of carbonyl (C=O) groups is 1. The number of aryl methyl sites for hydroxylation is 3. The second-order valence-electron chi connectivity index (χ2n) is 15.5. The molecule has 0 fully saturated rings. The van der Waals surface area contributed by atoms with Crippen molar-refractivity contribution in [3.63, 3.8) is 0 Å². The second kappa shape index (κ2) is 18.1. The average Bonchev–Trinajstić information content (AvgIpc) is 3.47. The van der Waals surface area contributed by atoms with Crippen LogP contribution in [0.25, 0.3) is 10.2 Å². The van der Waals surface area contributed by atoms with Gasteiger partial charge in [0, 0.05) is 37.0 Å². The van der Waals surface area contributed by atoms with Crippen LogP contribution in [0.2, 0.25) is 10.0 Å². The van der Waals surface area contributed by atoms with Gasteiger partial charge in [-0.15, -0.1) is 11.3 Å². The minimum atomic E-state index is 0.201. The number of thiazole rings is 1. The first-order valence-electron chi connectivity index (χ1n) is 19.9. The first-order valence-corrected chi connectivity index (χ1v) is 21.5. The Bertz CT molecular complexity index is 2200. The van der Waals surface area contributed by atoms with E-state index < -0.39 is 0 Å². The molecule has 9 heteroatoms. The van der Waals surface area contributed by atoms with E-state index in [9.17, 15) is 10.2 Å². The van der Waals surface area contributed by atoms with E-state index in [-0.39, 0.29) is 11.5 Å². The molecule has 0 spiro atoms. The topological polar surface area (TPSA) is 76.9 Å². The van der Waals surface area contributed by atoms with E-state index in [0.29, 0.717) is 34.0 Å². The lowest BCUT2D eigenvalue weighted by Gasteiger charge is -2.38. The molecular weight excluding hydrogens is 770 g/mol. The molecule has 296 valence electrons. The highest BCUT2D eigenvalue weighted by atomic mass is 35.5. The smallest absolute Gasteiger partial charge is 0.134 e. The Labute approximate surface area is 350 Å². The number of hydrogen-bond acceptors (Lipinski definition) is 7. The van der Waals surface area contributed by atoms with E-state index in [4.69, 9.17) is 28.0 Å². The first kappa shape index (κ1) is 40.9. The number of halogens is 2. The standard InChI is InChI=1S/2C19H20ClNO.C8H7NS.C2H4O/c2*1-21-9-8-13-10-16(20)18(22)11-15(13)19-14-5-3-2-4-12(14)6-7-17(19)21;1-6-9-7-4-2-3-5-8(7)10-6;1-2-3/h2*2-5,10-11,17,19,22H,6-9H2,1H3;2-5H,1H3;2H,1H3/t2*17-,19+;;/m00../s1. The van der Waals surface area contributed by atoms with Crippen LogP contribution in [-0.4, -0.2) is 70.6 Å². The van der Waals surface area contributed by atoms with Gasteiger partial charge in [-0.25, -0.2) is 4.98 Å². The maximum absolute atomic E-state index is 10.1. The number of aromatic hydroxyl groups is 2. The normalized spacial score (nSPS) is 20.7. The molecule has 10 rings (SSSR count). The highest BCUT2D eigenvalue weighted by Crippen LogP contribution is 2.46. The third-order valence-electron chi connectivity index (χ3n) is 12.1. The Kier molecular flexibility index (Phi) is 13.0. The number of para-hydroxylation sites is 1. The quantitative estimate of drug-likeness (QED) is 0.149. The molecular formula is C48H51Cl2N3O3S. The molecule has 0 bridgehead atoms. The van der Waals surface area contributed by atoms with E-state index in [1.165, 1.54) is 69.0 Å². The molecule has 6 nitrogen and oxygen atoms in total. The summed E-state index contributed by atoms with van der Waals surface area (Å²) in [4.78, 5) is 18.1. The first-order chi connectivity index (χ1) is 27.6. The van der Waals surface area contributed by atoms with Gasteiger partial charge < -0.3 is 24.8 Å². The van der Waals surface area contributed by atoms with Gasteiger partial charge in [-0.05, 0) is 147 Å². The minimum absolute atomic E-state index is 0.201. The zero-order valence-corrected chi connectivity index (χ0v) is 35.4.